The highest BCUT2D eigenvalue weighted by Crippen LogP contribution is 2.29. The van der Waals surface area contributed by atoms with Crippen LogP contribution < -0.4 is 4.74 Å². The summed E-state index contributed by atoms with van der Waals surface area (Å²) in [6, 6.07) is 13.3. The van der Waals surface area contributed by atoms with Crippen molar-refractivity contribution >= 4 is 5.91 Å². The molecule has 0 fully saturated rings. The molecule has 6 heteroatoms. The third-order valence-electron chi connectivity index (χ3n) is 4.23. The number of hydrogen-bond acceptors (Lipinski definition) is 5. The van der Waals surface area contributed by atoms with Gasteiger partial charge in [0.05, 0.1) is 6.54 Å². The van der Waals surface area contributed by atoms with E-state index in [9.17, 15) is 4.79 Å². The van der Waals surface area contributed by atoms with E-state index in [2.05, 4.69) is 10.1 Å². The summed E-state index contributed by atoms with van der Waals surface area (Å²) in [5.41, 5.74) is 2.71. The Bertz CT molecular complexity index is 867. The molecule has 1 amide bonds. The number of nitrogens with zero attached hydrogens (tertiary/aromatic N) is 3. The second kappa shape index (κ2) is 6.39. The minimum absolute atomic E-state index is 0.0712. The number of ether oxygens (including phenoxy) is 1. The molecular weight excluding hydrogens is 318 g/mol. The third-order valence-corrected chi connectivity index (χ3v) is 4.23. The van der Waals surface area contributed by atoms with Gasteiger partial charge in [-0.3, -0.25) is 9.78 Å². The first-order valence-electron chi connectivity index (χ1n) is 8.06. The largest absolute Gasteiger partial charge is 0.480 e. The highest BCUT2D eigenvalue weighted by Gasteiger charge is 2.31. The second-order valence-corrected chi connectivity index (χ2v) is 6.03. The molecule has 3 aromatic rings. The van der Waals surface area contributed by atoms with Crippen LogP contribution in [0.1, 0.15) is 11.3 Å². The zero-order valence-corrected chi connectivity index (χ0v) is 13.8. The topological polar surface area (TPSA) is 68.5 Å². The van der Waals surface area contributed by atoms with E-state index in [1.54, 1.807) is 24.3 Å². The number of pyridine rings is 1. The van der Waals surface area contributed by atoms with Gasteiger partial charge in [-0.1, -0.05) is 23.4 Å². The van der Waals surface area contributed by atoms with E-state index in [0.717, 1.165) is 22.6 Å². The van der Waals surface area contributed by atoms with Crippen LogP contribution in [0.25, 0.3) is 11.3 Å². The molecule has 1 aliphatic heterocycles. The summed E-state index contributed by atoms with van der Waals surface area (Å²) in [4.78, 5) is 18.2. The van der Waals surface area contributed by atoms with Crippen LogP contribution in [0.2, 0.25) is 0 Å². The van der Waals surface area contributed by atoms with Gasteiger partial charge < -0.3 is 14.2 Å². The fourth-order valence-electron chi connectivity index (χ4n) is 2.92. The molecule has 0 saturated heterocycles. The SMILES string of the molecule is CN(Cc1cc(-c2ccncc2)no1)C(=O)C1Cc2ccccc2O1. The average molecular weight is 335 g/mol. The number of amides is 1. The van der Waals surface area contributed by atoms with Gasteiger partial charge in [0, 0.05) is 37.5 Å². The maximum absolute atomic E-state index is 12.6. The smallest absolute Gasteiger partial charge is 0.264 e. The van der Waals surface area contributed by atoms with Crippen molar-refractivity contribution in [3.63, 3.8) is 0 Å². The molecule has 2 aromatic heterocycles. The van der Waals surface area contributed by atoms with Gasteiger partial charge in [0.25, 0.3) is 5.91 Å². The van der Waals surface area contributed by atoms with Crippen molar-refractivity contribution in [3.05, 3.63) is 66.2 Å². The number of likely N-dealkylation sites (N-methyl/N-ethyl adjacent to an activating group) is 1. The summed E-state index contributed by atoms with van der Waals surface area (Å²) >= 11 is 0. The van der Waals surface area contributed by atoms with Crippen LogP contribution in [0, 0.1) is 0 Å². The zero-order valence-electron chi connectivity index (χ0n) is 13.8. The molecule has 1 unspecified atom stereocenters. The van der Waals surface area contributed by atoms with Crippen molar-refractivity contribution in [3.8, 4) is 17.0 Å². The standard InChI is InChI=1S/C19H17N3O3/c1-22(19(23)18-10-14-4-2-3-5-17(14)24-18)12-15-11-16(21-25-15)13-6-8-20-9-7-13/h2-9,11,18H,10,12H2,1H3. The van der Waals surface area contributed by atoms with Crippen LogP contribution in [0.3, 0.4) is 0 Å². The lowest BCUT2D eigenvalue weighted by Crippen LogP contribution is -2.38. The molecule has 0 radical (unpaired) electrons. The summed E-state index contributed by atoms with van der Waals surface area (Å²) in [6.07, 6.45) is 3.52. The van der Waals surface area contributed by atoms with Crippen LogP contribution in [0.15, 0.2) is 59.4 Å². The molecule has 3 heterocycles. The number of hydrogen-bond donors (Lipinski definition) is 0. The Morgan fingerprint density at radius 2 is 2.04 bits per heavy atom. The maximum atomic E-state index is 12.6. The number of carbonyl (C=O) groups is 1. The van der Waals surface area contributed by atoms with Crippen LogP contribution in [-0.4, -0.2) is 34.1 Å². The Morgan fingerprint density at radius 1 is 1.24 bits per heavy atom. The van der Waals surface area contributed by atoms with Gasteiger partial charge in [-0.2, -0.15) is 0 Å². The van der Waals surface area contributed by atoms with Crippen LogP contribution >= 0.6 is 0 Å². The molecule has 1 aromatic carbocycles. The first kappa shape index (κ1) is 15.4. The summed E-state index contributed by atoms with van der Waals surface area (Å²) in [6.45, 7) is 0.340. The lowest BCUT2D eigenvalue weighted by molar-refractivity contribution is -0.137. The number of carbonyl (C=O) groups excluding carboxylic acids is 1. The lowest BCUT2D eigenvalue weighted by atomic mass is 10.1. The van der Waals surface area contributed by atoms with Crippen LogP contribution in [-0.2, 0) is 17.8 Å². The number of benzene rings is 1. The molecular formula is C19H17N3O3. The first-order valence-corrected chi connectivity index (χ1v) is 8.06. The number of para-hydroxylation sites is 1. The minimum atomic E-state index is -0.481. The van der Waals surface area contributed by atoms with Crippen molar-refractivity contribution in [1.82, 2.24) is 15.0 Å². The molecule has 25 heavy (non-hydrogen) atoms. The van der Waals surface area contributed by atoms with Gasteiger partial charge >= 0.3 is 0 Å². The van der Waals surface area contributed by atoms with Crippen molar-refractivity contribution in [2.24, 2.45) is 0 Å². The van der Waals surface area contributed by atoms with E-state index in [0.29, 0.717) is 18.7 Å². The maximum Gasteiger partial charge on any atom is 0.264 e. The van der Waals surface area contributed by atoms with Gasteiger partial charge in [-0.05, 0) is 23.8 Å². The van der Waals surface area contributed by atoms with Gasteiger partial charge in [0.1, 0.15) is 11.4 Å². The predicted molar refractivity (Wildman–Crippen MR) is 90.8 cm³/mol. The van der Waals surface area contributed by atoms with E-state index in [1.807, 2.05) is 42.5 Å². The van der Waals surface area contributed by atoms with Gasteiger partial charge in [-0.15, -0.1) is 0 Å². The summed E-state index contributed by atoms with van der Waals surface area (Å²) in [5, 5.41) is 4.06. The fraction of sp³-hybridized carbons (Fsp3) is 0.211. The Kier molecular flexibility index (Phi) is 3.93. The Morgan fingerprint density at radius 3 is 2.84 bits per heavy atom. The molecule has 4 rings (SSSR count). The van der Waals surface area contributed by atoms with Crippen LogP contribution in [0.4, 0.5) is 0 Å². The molecule has 1 aliphatic rings. The first-order chi connectivity index (χ1) is 12.2. The molecule has 126 valence electrons. The molecule has 0 N–H and O–H groups in total. The molecule has 1 atom stereocenters. The number of aromatic nitrogens is 2. The van der Waals surface area contributed by atoms with E-state index < -0.39 is 6.10 Å². The minimum Gasteiger partial charge on any atom is -0.480 e. The zero-order chi connectivity index (χ0) is 17.2. The van der Waals surface area contributed by atoms with Crippen molar-refractivity contribution in [2.45, 2.75) is 19.1 Å². The molecule has 0 saturated carbocycles. The van der Waals surface area contributed by atoms with E-state index >= 15 is 0 Å². The summed E-state index contributed by atoms with van der Waals surface area (Å²) in [5.74, 6) is 1.34. The van der Waals surface area contributed by atoms with E-state index in [4.69, 9.17) is 9.26 Å². The van der Waals surface area contributed by atoms with E-state index in [1.165, 1.54) is 0 Å². The number of fused-ring (bicyclic) bond motifs is 1. The Balaban J connectivity index is 1.42. The predicted octanol–water partition coefficient (Wildman–Crippen LogP) is 2.70. The average Bonchev–Trinajstić information content (AvgIpc) is 3.28. The van der Waals surface area contributed by atoms with Crippen LogP contribution in [0.5, 0.6) is 5.75 Å². The normalized spacial score (nSPS) is 15.5. The molecule has 0 spiro atoms. The summed E-state index contributed by atoms with van der Waals surface area (Å²) in [7, 11) is 1.74. The van der Waals surface area contributed by atoms with Gasteiger partial charge in [0.15, 0.2) is 11.9 Å². The van der Waals surface area contributed by atoms with Crippen molar-refractivity contribution in [1.29, 1.82) is 0 Å². The quantitative estimate of drug-likeness (QED) is 0.733. The Hall–Kier alpha value is -3.15. The lowest BCUT2D eigenvalue weighted by Gasteiger charge is -2.19. The highest BCUT2D eigenvalue weighted by molar-refractivity contribution is 5.82. The summed E-state index contributed by atoms with van der Waals surface area (Å²) < 4.78 is 11.1. The van der Waals surface area contributed by atoms with Gasteiger partial charge in [0.2, 0.25) is 0 Å². The van der Waals surface area contributed by atoms with Crippen molar-refractivity contribution < 1.29 is 14.1 Å². The van der Waals surface area contributed by atoms with Crippen molar-refractivity contribution in [2.75, 3.05) is 7.05 Å². The third kappa shape index (κ3) is 3.10. The fourth-order valence-corrected chi connectivity index (χ4v) is 2.92. The molecule has 0 bridgehead atoms. The second-order valence-electron chi connectivity index (χ2n) is 6.03. The monoisotopic (exact) mass is 335 g/mol. The Labute approximate surface area is 145 Å². The van der Waals surface area contributed by atoms with E-state index in [-0.39, 0.29) is 5.91 Å². The van der Waals surface area contributed by atoms with Gasteiger partial charge in [-0.25, -0.2) is 0 Å². The molecule has 0 aliphatic carbocycles. The highest BCUT2D eigenvalue weighted by atomic mass is 16.5. The molecule has 6 nitrogen and oxygen atoms in total. The number of rotatable bonds is 4.